The van der Waals surface area contributed by atoms with Crippen LogP contribution in [0.5, 0.6) is 11.5 Å². The summed E-state index contributed by atoms with van der Waals surface area (Å²) in [6, 6.07) is 6.87. The van der Waals surface area contributed by atoms with Gasteiger partial charge in [-0.25, -0.2) is 0 Å². The molecule has 0 saturated carbocycles. The van der Waals surface area contributed by atoms with E-state index in [9.17, 15) is 0 Å². The third-order valence-electron chi connectivity index (χ3n) is 3.51. The van der Waals surface area contributed by atoms with Crippen LogP contribution in [0.4, 0.5) is 0 Å². The molecular weight excluding hydrogens is 252 g/mol. The third kappa shape index (κ3) is 4.39. The minimum atomic E-state index is 0.629. The fourth-order valence-corrected chi connectivity index (χ4v) is 2.50. The average Bonchev–Trinajstić information content (AvgIpc) is 2.95. The van der Waals surface area contributed by atoms with Gasteiger partial charge in [0.15, 0.2) is 11.5 Å². The summed E-state index contributed by atoms with van der Waals surface area (Å²) >= 11 is 0. The van der Waals surface area contributed by atoms with Gasteiger partial charge in [0.2, 0.25) is 0 Å². The molecule has 0 radical (unpaired) electrons. The molecule has 0 aromatic heterocycles. The molecule has 2 N–H and O–H groups in total. The van der Waals surface area contributed by atoms with Gasteiger partial charge in [-0.3, -0.25) is 0 Å². The van der Waals surface area contributed by atoms with Crippen LogP contribution in [0.2, 0.25) is 0 Å². The molecule has 1 atom stereocenters. The maximum absolute atomic E-state index is 5.65. The topological polar surface area (TPSA) is 42.5 Å². The summed E-state index contributed by atoms with van der Waals surface area (Å²) in [7, 11) is 0. The minimum Gasteiger partial charge on any atom is -0.490 e. The molecule has 20 heavy (non-hydrogen) atoms. The standard InChI is InChI=1S/C16H26N2O2/c1-3-19-15-6-5-13(11-16(15)20-4-2)7-10-18-14-8-9-17-12-14/h5-6,11,14,17-18H,3-4,7-10,12H2,1-2H3. The molecule has 4 nitrogen and oxygen atoms in total. The number of benzene rings is 1. The molecule has 1 aromatic carbocycles. The van der Waals surface area contributed by atoms with Crippen LogP contribution in [0.1, 0.15) is 25.8 Å². The summed E-state index contributed by atoms with van der Waals surface area (Å²) in [5.74, 6) is 1.69. The molecule has 0 aliphatic carbocycles. The summed E-state index contributed by atoms with van der Waals surface area (Å²) < 4.78 is 11.2. The zero-order valence-corrected chi connectivity index (χ0v) is 12.6. The summed E-state index contributed by atoms with van der Waals surface area (Å²) in [5.41, 5.74) is 1.29. The largest absolute Gasteiger partial charge is 0.490 e. The fraction of sp³-hybridized carbons (Fsp3) is 0.625. The first-order valence-corrected chi connectivity index (χ1v) is 7.66. The van der Waals surface area contributed by atoms with Crippen molar-refractivity contribution in [3.63, 3.8) is 0 Å². The van der Waals surface area contributed by atoms with Gasteiger partial charge in [0.25, 0.3) is 0 Å². The molecule has 112 valence electrons. The van der Waals surface area contributed by atoms with Crippen LogP contribution in [0.25, 0.3) is 0 Å². The van der Waals surface area contributed by atoms with Crippen molar-refractivity contribution in [1.82, 2.24) is 10.6 Å². The monoisotopic (exact) mass is 278 g/mol. The van der Waals surface area contributed by atoms with E-state index in [1.165, 1.54) is 12.0 Å². The Bertz CT molecular complexity index is 403. The number of ether oxygens (including phenoxy) is 2. The lowest BCUT2D eigenvalue weighted by Crippen LogP contribution is -2.32. The first-order chi connectivity index (χ1) is 9.83. The van der Waals surface area contributed by atoms with E-state index >= 15 is 0 Å². The highest BCUT2D eigenvalue weighted by molar-refractivity contribution is 5.43. The van der Waals surface area contributed by atoms with E-state index in [0.717, 1.165) is 37.6 Å². The molecule has 1 fully saturated rings. The van der Waals surface area contributed by atoms with Gasteiger partial charge in [0.05, 0.1) is 13.2 Å². The Kier molecular flexibility index (Phi) is 6.15. The van der Waals surface area contributed by atoms with Crippen LogP contribution >= 0.6 is 0 Å². The van der Waals surface area contributed by atoms with E-state index < -0.39 is 0 Å². The predicted molar refractivity (Wildman–Crippen MR) is 81.8 cm³/mol. The van der Waals surface area contributed by atoms with Crippen LogP contribution in [-0.4, -0.2) is 38.9 Å². The van der Waals surface area contributed by atoms with Crippen LogP contribution in [0.15, 0.2) is 18.2 Å². The van der Waals surface area contributed by atoms with Gasteiger partial charge in [-0.2, -0.15) is 0 Å². The second-order valence-corrected chi connectivity index (χ2v) is 5.04. The van der Waals surface area contributed by atoms with E-state index in [1.54, 1.807) is 0 Å². The summed E-state index contributed by atoms with van der Waals surface area (Å²) in [5, 5.41) is 6.96. The van der Waals surface area contributed by atoms with Crippen molar-refractivity contribution in [1.29, 1.82) is 0 Å². The van der Waals surface area contributed by atoms with Crippen LogP contribution in [0.3, 0.4) is 0 Å². The van der Waals surface area contributed by atoms with Gasteiger partial charge < -0.3 is 20.1 Å². The minimum absolute atomic E-state index is 0.629. The average molecular weight is 278 g/mol. The highest BCUT2D eigenvalue weighted by Crippen LogP contribution is 2.28. The van der Waals surface area contributed by atoms with E-state index in [0.29, 0.717) is 19.3 Å². The Balaban J connectivity index is 1.88. The van der Waals surface area contributed by atoms with Gasteiger partial charge in [-0.15, -0.1) is 0 Å². The lowest BCUT2D eigenvalue weighted by molar-refractivity contribution is 0.287. The van der Waals surface area contributed by atoms with Crippen LogP contribution < -0.4 is 20.1 Å². The zero-order valence-electron chi connectivity index (χ0n) is 12.6. The molecule has 0 spiro atoms. The summed E-state index contributed by atoms with van der Waals surface area (Å²) in [6.45, 7) is 8.54. The van der Waals surface area contributed by atoms with Crippen molar-refractivity contribution in [2.75, 3.05) is 32.8 Å². The van der Waals surface area contributed by atoms with Crippen molar-refractivity contribution in [3.8, 4) is 11.5 Å². The van der Waals surface area contributed by atoms with E-state index in [4.69, 9.17) is 9.47 Å². The molecule has 1 aliphatic heterocycles. The Labute approximate surface area is 121 Å². The highest BCUT2D eigenvalue weighted by atomic mass is 16.5. The van der Waals surface area contributed by atoms with Gasteiger partial charge in [0.1, 0.15) is 0 Å². The quantitative estimate of drug-likeness (QED) is 0.763. The Morgan fingerprint density at radius 2 is 2.00 bits per heavy atom. The first-order valence-electron chi connectivity index (χ1n) is 7.66. The molecule has 1 heterocycles. The molecule has 1 aromatic rings. The maximum Gasteiger partial charge on any atom is 0.161 e. The lowest BCUT2D eigenvalue weighted by Gasteiger charge is -2.14. The third-order valence-corrected chi connectivity index (χ3v) is 3.51. The first kappa shape index (κ1) is 15.1. The number of nitrogens with one attached hydrogen (secondary N) is 2. The maximum atomic E-state index is 5.65. The van der Waals surface area contributed by atoms with Gasteiger partial charge in [-0.05, 0) is 57.5 Å². The van der Waals surface area contributed by atoms with Crippen molar-refractivity contribution in [2.24, 2.45) is 0 Å². The predicted octanol–water partition coefficient (Wildman–Crippen LogP) is 1.98. The fourth-order valence-electron chi connectivity index (χ4n) is 2.50. The van der Waals surface area contributed by atoms with E-state index in [2.05, 4.69) is 22.8 Å². The molecule has 1 aliphatic rings. The molecule has 0 bridgehead atoms. The van der Waals surface area contributed by atoms with Crippen molar-refractivity contribution < 1.29 is 9.47 Å². The van der Waals surface area contributed by atoms with E-state index in [1.807, 2.05) is 19.9 Å². The van der Waals surface area contributed by atoms with Crippen molar-refractivity contribution >= 4 is 0 Å². The SMILES string of the molecule is CCOc1ccc(CCNC2CCNC2)cc1OCC. The van der Waals surface area contributed by atoms with Crippen LogP contribution in [0, 0.1) is 0 Å². The normalized spacial score (nSPS) is 18.2. The highest BCUT2D eigenvalue weighted by Gasteiger charge is 2.13. The zero-order chi connectivity index (χ0) is 14.2. The molecule has 1 saturated heterocycles. The van der Waals surface area contributed by atoms with Gasteiger partial charge >= 0.3 is 0 Å². The van der Waals surface area contributed by atoms with Crippen molar-refractivity contribution in [2.45, 2.75) is 32.7 Å². The Hall–Kier alpha value is -1.26. The van der Waals surface area contributed by atoms with Gasteiger partial charge in [0, 0.05) is 12.6 Å². The van der Waals surface area contributed by atoms with Gasteiger partial charge in [-0.1, -0.05) is 6.07 Å². The molecule has 4 heteroatoms. The van der Waals surface area contributed by atoms with E-state index in [-0.39, 0.29) is 0 Å². The Morgan fingerprint density at radius 3 is 2.70 bits per heavy atom. The molecule has 0 amide bonds. The number of hydrogen-bond donors (Lipinski definition) is 2. The summed E-state index contributed by atoms with van der Waals surface area (Å²) in [6.07, 6.45) is 2.25. The number of hydrogen-bond acceptors (Lipinski definition) is 4. The van der Waals surface area contributed by atoms with Crippen LogP contribution in [-0.2, 0) is 6.42 Å². The second-order valence-electron chi connectivity index (χ2n) is 5.04. The Morgan fingerprint density at radius 1 is 1.20 bits per heavy atom. The second kappa shape index (κ2) is 8.12. The van der Waals surface area contributed by atoms with Crippen molar-refractivity contribution in [3.05, 3.63) is 23.8 Å². The molecule has 1 unspecified atom stereocenters. The smallest absolute Gasteiger partial charge is 0.161 e. The molecular formula is C16H26N2O2. The molecule has 2 rings (SSSR count). The summed E-state index contributed by atoms with van der Waals surface area (Å²) in [4.78, 5) is 0. The number of rotatable bonds is 8. The lowest BCUT2D eigenvalue weighted by atomic mass is 10.1.